The van der Waals surface area contributed by atoms with E-state index in [0.29, 0.717) is 22.4 Å². The zero-order valence-electron chi connectivity index (χ0n) is 18.2. The van der Waals surface area contributed by atoms with E-state index in [4.69, 9.17) is 26.1 Å². The normalized spacial score (nSPS) is 14.2. The molecule has 6 nitrogen and oxygen atoms in total. The number of rotatable bonds is 7. The third kappa shape index (κ3) is 5.71. The van der Waals surface area contributed by atoms with Gasteiger partial charge in [-0.25, -0.2) is 4.98 Å². The molecule has 1 aromatic heterocycles. The number of benzene rings is 2. The topological polar surface area (TPSA) is 54.9 Å². The average molecular weight is 496 g/mol. The first-order valence-corrected chi connectivity index (χ1v) is 11.6. The fraction of sp³-hybridized carbons (Fsp3) is 0.391. The summed E-state index contributed by atoms with van der Waals surface area (Å²) in [6.45, 7) is 8.39. The van der Waals surface area contributed by atoms with E-state index in [1.165, 1.54) is 11.3 Å². The number of carbonyl (C=O) groups excluding carboxylic acids is 1. The van der Waals surface area contributed by atoms with E-state index in [9.17, 15) is 4.79 Å². The van der Waals surface area contributed by atoms with Gasteiger partial charge in [-0.15, -0.1) is 12.4 Å². The Balaban J connectivity index is 0.00000289. The highest BCUT2D eigenvalue weighted by Gasteiger charge is 2.23. The van der Waals surface area contributed by atoms with Crippen LogP contribution in [0.1, 0.15) is 11.1 Å². The Morgan fingerprint density at radius 2 is 1.94 bits per heavy atom. The lowest BCUT2D eigenvalue weighted by molar-refractivity contribution is -0.120. The predicted octanol–water partition coefficient (Wildman–Crippen LogP) is 4.73. The summed E-state index contributed by atoms with van der Waals surface area (Å²) in [7, 11) is 0. The van der Waals surface area contributed by atoms with Crippen LogP contribution in [0, 0.1) is 13.8 Å². The van der Waals surface area contributed by atoms with E-state index in [1.807, 2.05) is 50.2 Å². The molecule has 4 rings (SSSR count). The molecule has 0 atom stereocenters. The van der Waals surface area contributed by atoms with Crippen molar-refractivity contribution >= 4 is 56.6 Å². The van der Waals surface area contributed by atoms with Gasteiger partial charge < -0.3 is 9.47 Å². The molecule has 2 aromatic carbocycles. The fourth-order valence-corrected chi connectivity index (χ4v) is 4.90. The molecule has 0 spiro atoms. The van der Waals surface area contributed by atoms with Gasteiger partial charge in [-0.2, -0.15) is 0 Å². The number of ether oxygens (including phenoxy) is 2. The second-order valence-electron chi connectivity index (χ2n) is 7.59. The van der Waals surface area contributed by atoms with Gasteiger partial charge in [0.15, 0.2) is 11.7 Å². The molecule has 0 unspecified atom stereocenters. The van der Waals surface area contributed by atoms with Crippen LogP contribution in [-0.2, 0) is 9.53 Å². The number of thiazole rings is 1. The van der Waals surface area contributed by atoms with Crippen LogP contribution in [0.4, 0.5) is 5.13 Å². The molecule has 0 N–H and O–H groups in total. The minimum Gasteiger partial charge on any atom is -0.483 e. The van der Waals surface area contributed by atoms with E-state index in [2.05, 4.69) is 4.90 Å². The van der Waals surface area contributed by atoms with Gasteiger partial charge in [0.05, 0.1) is 28.5 Å². The number of hydrogen-bond donors (Lipinski definition) is 0. The molecule has 32 heavy (non-hydrogen) atoms. The number of anilines is 1. The summed E-state index contributed by atoms with van der Waals surface area (Å²) in [6.07, 6.45) is 0. The molecule has 9 heteroatoms. The minimum absolute atomic E-state index is 0. The summed E-state index contributed by atoms with van der Waals surface area (Å²) in [5, 5.41) is 1.30. The Kier molecular flexibility index (Phi) is 8.73. The van der Waals surface area contributed by atoms with E-state index < -0.39 is 0 Å². The van der Waals surface area contributed by atoms with Crippen molar-refractivity contribution < 1.29 is 14.3 Å². The summed E-state index contributed by atoms with van der Waals surface area (Å²) < 4.78 is 12.2. The van der Waals surface area contributed by atoms with Crippen molar-refractivity contribution in [3.05, 3.63) is 52.5 Å². The highest BCUT2D eigenvalue weighted by Crippen LogP contribution is 2.35. The summed E-state index contributed by atoms with van der Waals surface area (Å²) in [5.41, 5.74) is 2.88. The molecule has 1 fully saturated rings. The van der Waals surface area contributed by atoms with Crippen molar-refractivity contribution in [3.8, 4) is 5.75 Å². The van der Waals surface area contributed by atoms with Crippen LogP contribution in [-0.4, -0.2) is 61.8 Å². The molecule has 1 saturated heterocycles. The average Bonchev–Trinajstić information content (AvgIpc) is 3.23. The molecule has 2 heterocycles. The molecule has 3 aromatic rings. The van der Waals surface area contributed by atoms with E-state index in [1.54, 1.807) is 4.90 Å². The molecule has 1 amide bonds. The quantitative estimate of drug-likeness (QED) is 0.474. The van der Waals surface area contributed by atoms with Crippen LogP contribution >= 0.6 is 35.3 Å². The van der Waals surface area contributed by atoms with Gasteiger partial charge in [0.25, 0.3) is 5.91 Å². The molecule has 172 valence electrons. The number of amides is 1. The van der Waals surface area contributed by atoms with Gasteiger partial charge in [-0.3, -0.25) is 14.6 Å². The van der Waals surface area contributed by atoms with Crippen molar-refractivity contribution in [2.75, 3.05) is 50.9 Å². The van der Waals surface area contributed by atoms with Crippen molar-refractivity contribution in [2.45, 2.75) is 13.8 Å². The number of nitrogens with zero attached hydrogens (tertiary/aromatic N) is 3. The van der Waals surface area contributed by atoms with Gasteiger partial charge in [-0.05, 0) is 37.1 Å². The zero-order valence-corrected chi connectivity index (χ0v) is 20.6. The summed E-state index contributed by atoms with van der Waals surface area (Å²) in [5.74, 6) is 0.594. The number of para-hydroxylation sites is 1. The molecular formula is C23H27Cl2N3O3S. The molecule has 1 aliphatic rings. The Bertz CT molecular complexity index is 1030. The van der Waals surface area contributed by atoms with E-state index in [-0.39, 0.29) is 24.9 Å². The molecule has 0 bridgehead atoms. The Labute approximate surface area is 203 Å². The number of carbonyl (C=O) groups is 1. The Hall–Kier alpha value is -1.90. The Morgan fingerprint density at radius 3 is 2.66 bits per heavy atom. The first kappa shape index (κ1) is 24.7. The number of morpholine rings is 1. The summed E-state index contributed by atoms with van der Waals surface area (Å²) >= 11 is 7.85. The fourth-order valence-electron chi connectivity index (χ4n) is 3.54. The Morgan fingerprint density at radius 1 is 1.19 bits per heavy atom. The third-order valence-corrected chi connectivity index (χ3v) is 6.94. The maximum absolute atomic E-state index is 13.2. The lowest BCUT2D eigenvalue weighted by Crippen LogP contribution is -2.44. The van der Waals surface area contributed by atoms with Gasteiger partial charge in [0.1, 0.15) is 5.75 Å². The summed E-state index contributed by atoms with van der Waals surface area (Å²) in [6, 6.07) is 11.5. The number of aromatic nitrogens is 1. The standard InChI is InChI=1S/C23H26ClN3O3S.ClH/c1-16-5-3-4-6-19(16)30-15-20(28)27(10-9-26-11-13-29-14-12-26)23-25-21-17(2)7-8-18(24)22(21)31-23;/h3-8H,9-15H2,1-2H3;1H. The van der Waals surface area contributed by atoms with Crippen LogP contribution in [0.25, 0.3) is 10.2 Å². The van der Waals surface area contributed by atoms with Crippen molar-refractivity contribution in [1.29, 1.82) is 0 Å². The minimum atomic E-state index is -0.121. The SMILES string of the molecule is Cc1ccccc1OCC(=O)N(CCN1CCOCC1)c1nc2c(C)ccc(Cl)c2s1.Cl. The molecular weight excluding hydrogens is 469 g/mol. The predicted molar refractivity (Wildman–Crippen MR) is 133 cm³/mol. The zero-order chi connectivity index (χ0) is 21.8. The molecule has 0 saturated carbocycles. The first-order chi connectivity index (χ1) is 15.0. The third-order valence-electron chi connectivity index (χ3n) is 5.41. The number of fused-ring (bicyclic) bond motifs is 1. The second-order valence-corrected chi connectivity index (χ2v) is 8.98. The van der Waals surface area contributed by atoms with Crippen LogP contribution in [0.2, 0.25) is 5.02 Å². The van der Waals surface area contributed by atoms with Crippen LogP contribution in [0.5, 0.6) is 5.75 Å². The van der Waals surface area contributed by atoms with Crippen LogP contribution in [0.15, 0.2) is 36.4 Å². The van der Waals surface area contributed by atoms with Crippen LogP contribution in [0.3, 0.4) is 0 Å². The monoisotopic (exact) mass is 495 g/mol. The number of hydrogen-bond acceptors (Lipinski definition) is 6. The summed E-state index contributed by atoms with van der Waals surface area (Å²) in [4.78, 5) is 22.0. The highest BCUT2D eigenvalue weighted by molar-refractivity contribution is 7.23. The molecule has 0 aliphatic carbocycles. The van der Waals surface area contributed by atoms with E-state index >= 15 is 0 Å². The van der Waals surface area contributed by atoms with Crippen molar-refractivity contribution in [3.63, 3.8) is 0 Å². The van der Waals surface area contributed by atoms with E-state index in [0.717, 1.165) is 54.2 Å². The largest absolute Gasteiger partial charge is 0.483 e. The van der Waals surface area contributed by atoms with Crippen LogP contribution < -0.4 is 9.64 Å². The van der Waals surface area contributed by atoms with Gasteiger partial charge in [0.2, 0.25) is 0 Å². The maximum Gasteiger partial charge on any atom is 0.266 e. The molecule has 0 radical (unpaired) electrons. The van der Waals surface area contributed by atoms with Crippen molar-refractivity contribution in [2.24, 2.45) is 0 Å². The van der Waals surface area contributed by atoms with Crippen molar-refractivity contribution in [1.82, 2.24) is 9.88 Å². The maximum atomic E-state index is 13.2. The first-order valence-electron chi connectivity index (χ1n) is 10.4. The van der Waals surface area contributed by atoms with Gasteiger partial charge in [0, 0.05) is 26.2 Å². The second kappa shape index (κ2) is 11.3. The van der Waals surface area contributed by atoms with Gasteiger partial charge in [-0.1, -0.05) is 47.2 Å². The van der Waals surface area contributed by atoms with Gasteiger partial charge >= 0.3 is 0 Å². The highest BCUT2D eigenvalue weighted by atomic mass is 35.5. The smallest absolute Gasteiger partial charge is 0.266 e. The lowest BCUT2D eigenvalue weighted by atomic mass is 10.2. The number of aryl methyl sites for hydroxylation is 2. The lowest BCUT2D eigenvalue weighted by Gasteiger charge is -2.29. The number of halogens is 2. The molecule has 1 aliphatic heterocycles.